The number of amidine groups is 1. The molecule has 0 atom stereocenters. The summed E-state index contributed by atoms with van der Waals surface area (Å²) < 4.78 is 15.4. The minimum absolute atomic E-state index is 0.207. The monoisotopic (exact) mass is 372 g/mol. The Hall–Kier alpha value is -2.45. The molecular weight excluding hydrogens is 359 g/mol. The summed E-state index contributed by atoms with van der Waals surface area (Å²) in [7, 11) is 0. The Morgan fingerprint density at radius 1 is 1.36 bits per heavy atom. The first-order chi connectivity index (χ1) is 12.0. The van der Waals surface area contributed by atoms with Gasteiger partial charge in [0.1, 0.15) is 11.7 Å². The molecule has 0 saturated carbocycles. The zero-order valence-corrected chi connectivity index (χ0v) is 15.0. The molecule has 1 N–H and O–H groups in total. The van der Waals surface area contributed by atoms with Crippen LogP contribution >= 0.6 is 23.1 Å². The van der Waals surface area contributed by atoms with Gasteiger partial charge >= 0.3 is 0 Å². The van der Waals surface area contributed by atoms with Gasteiger partial charge in [-0.05, 0) is 49.9 Å². The van der Waals surface area contributed by atoms with E-state index in [9.17, 15) is 9.18 Å². The average molecular weight is 372 g/mol. The van der Waals surface area contributed by atoms with E-state index in [0.29, 0.717) is 16.4 Å². The zero-order valence-electron chi connectivity index (χ0n) is 13.4. The van der Waals surface area contributed by atoms with Gasteiger partial charge in [-0.25, -0.2) is 14.4 Å². The number of rotatable bonds is 2. The molecule has 4 rings (SSSR count). The quantitative estimate of drug-likeness (QED) is 0.711. The number of aromatic nitrogens is 2. The second-order valence-electron chi connectivity index (χ2n) is 5.54. The van der Waals surface area contributed by atoms with Crippen LogP contribution in [0.25, 0.3) is 11.0 Å². The number of thioether (sulfide) groups is 1. The molecule has 0 radical (unpaired) electrons. The number of hydrogen-bond acceptors (Lipinski definition) is 5. The highest BCUT2D eigenvalue weighted by molar-refractivity contribution is 8.18. The van der Waals surface area contributed by atoms with Crippen molar-refractivity contribution in [3.8, 4) is 0 Å². The molecule has 1 aromatic carbocycles. The van der Waals surface area contributed by atoms with Crippen molar-refractivity contribution in [1.29, 1.82) is 0 Å². The van der Waals surface area contributed by atoms with Crippen molar-refractivity contribution in [1.82, 2.24) is 14.7 Å². The minimum Gasteiger partial charge on any atom is -0.300 e. The third kappa shape index (κ3) is 2.98. The molecule has 3 heterocycles. The highest BCUT2D eigenvalue weighted by Gasteiger charge is 2.25. The molecule has 1 aliphatic heterocycles. The topological polar surface area (TPSA) is 58.8 Å². The number of nitrogens with zero attached hydrogens (tertiary/aromatic N) is 3. The molecule has 3 aromatic rings. The third-order valence-electron chi connectivity index (χ3n) is 3.73. The minimum atomic E-state index is -0.369. The van der Waals surface area contributed by atoms with Crippen molar-refractivity contribution in [2.75, 3.05) is 0 Å². The number of halogens is 1. The van der Waals surface area contributed by atoms with Gasteiger partial charge in [-0.2, -0.15) is 0 Å². The van der Waals surface area contributed by atoms with Gasteiger partial charge < -0.3 is 5.32 Å². The maximum absolute atomic E-state index is 13.4. The van der Waals surface area contributed by atoms with Gasteiger partial charge in [0, 0.05) is 11.1 Å². The van der Waals surface area contributed by atoms with Gasteiger partial charge in [0.25, 0.3) is 5.24 Å². The van der Waals surface area contributed by atoms with E-state index in [0.717, 1.165) is 33.8 Å². The summed E-state index contributed by atoms with van der Waals surface area (Å²) in [5.41, 5.74) is 3.33. The lowest BCUT2D eigenvalue weighted by Crippen LogP contribution is -2.18. The van der Waals surface area contributed by atoms with Gasteiger partial charge in [-0.3, -0.25) is 9.20 Å². The Bertz CT molecular complexity index is 1060. The van der Waals surface area contributed by atoms with Crippen LogP contribution < -0.4 is 5.32 Å². The van der Waals surface area contributed by atoms with Crippen LogP contribution in [0.5, 0.6) is 0 Å². The fourth-order valence-corrected chi connectivity index (χ4v) is 4.24. The molecule has 5 nitrogen and oxygen atoms in total. The number of imidazole rings is 1. The lowest BCUT2D eigenvalue weighted by molar-refractivity contribution is 0.265. The Balaban J connectivity index is 1.81. The number of aliphatic imine (C=N–C) groups is 1. The average Bonchev–Trinajstić information content (AvgIpc) is 3.17. The van der Waals surface area contributed by atoms with Crippen LogP contribution in [0.3, 0.4) is 0 Å². The molecule has 0 spiro atoms. The number of amides is 1. The molecular formula is C17H13FN4OS2. The normalized spacial score (nSPS) is 17.8. The second kappa shape index (κ2) is 6.12. The Morgan fingerprint density at radius 3 is 3.00 bits per heavy atom. The van der Waals surface area contributed by atoms with Crippen molar-refractivity contribution >= 4 is 50.9 Å². The van der Waals surface area contributed by atoms with Crippen LogP contribution in [-0.4, -0.2) is 20.5 Å². The van der Waals surface area contributed by atoms with Gasteiger partial charge in [0.15, 0.2) is 4.96 Å². The molecule has 0 aliphatic carbocycles. The molecule has 1 amide bonds. The van der Waals surface area contributed by atoms with Crippen LogP contribution in [-0.2, 0) is 0 Å². The Kier molecular flexibility index (Phi) is 3.93. The second-order valence-corrected chi connectivity index (χ2v) is 7.39. The first-order valence-corrected chi connectivity index (χ1v) is 9.19. The molecule has 1 fully saturated rings. The maximum Gasteiger partial charge on any atom is 0.289 e. The Labute approximate surface area is 151 Å². The molecule has 8 heteroatoms. The van der Waals surface area contributed by atoms with Crippen molar-refractivity contribution < 1.29 is 9.18 Å². The van der Waals surface area contributed by atoms with Crippen molar-refractivity contribution in [3.05, 3.63) is 57.4 Å². The summed E-state index contributed by atoms with van der Waals surface area (Å²) in [6.07, 6.45) is 1.90. The van der Waals surface area contributed by atoms with E-state index in [4.69, 9.17) is 0 Å². The molecule has 1 aliphatic rings. The van der Waals surface area contributed by atoms with Gasteiger partial charge in [0.2, 0.25) is 0 Å². The van der Waals surface area contributed by atoms with E-state index < -0.39 is 0 Å². The lowest BCUT2D eigenvalue weighted by Gasteiger charge is -2.01. The summed E-state index contributed by atoms with van der Waals surface area (Å²) in [4.78, 5) is 22.4. The largest absolute Gasteiger partial charge is 0.300 e. The number of aryl methyl sites for hydroxylation is 2. The predicted octanol–water partition coefficient (Wildman–Crippen LogP) is 4.68. The summed E-state index contributed by atoms with van der Waals surface area (Å²) in [5.74, 6) is 0.0504. The van der Waals surface area contributed by atoms with E-state index in [1.165, 1.54) is 12.1 Å². The number of thiazole rings is 1. The van der Waals surface area contributed by atoms with Crippen LogP contribution in [0.1, 0.15) is 17.1 Å². The third-order valence-corrected chi connectivity index (χ3v) is 5.49. The number of carbonyl (C=O) groups is 1. The van der Waals surface area contributed by atoms with E-state index in [2.05, 4.69) is 19.7 Å². The smallest absolute Gasteiger partial charge is 0.289 e. The van der Waals surface area contributed by atoms with Crippen LogP contribution in [0.2, 0.25) is 0 Å². The van der Waals surface area contributed by atoms with Crippen molar-refractivity contribution in [3.63, 3.8) is 0 Å². The van der Waals surface area contributed by atoms with E-state index in [1.807, 2.05) is 25.3 Å². The standard InChI is InChI=1S/C17H13FN4OS2/c1-9-8-24-16-19-10(2)13(22(9)16)7-14-15(21-17(23)25-14)20-12-5-3-4-11(18)6-12/h3-8H,1-2H3,(H,20,21,23). The van der Waals surface area contributed by atoms with Crippen LogP contribution in [0, 0.1) is 19.7 Å². The number of fused-ring (bicyclic) bond motifs is 1. The highest BCUT2D eigenvalue weighted by Crippen LogP contribution is 2.30. The molecule has 1 saturated heterocycles. The first-order valence-electron chi connectivity index (χ1n) is 7.49. The molecule has 2 aromatic heterocycles. The number of carbonyl (C=O) groups excluding carboxylic acids is 1. The van der Waals surface area contributed by atoms with Gasteiger partial charge in [-0.15, -0.1) is 11.3 Å². The van der Waals surface area contributed by atoms with E-state index in [-0.39, 0.29) is 11.1 Å². The van der Waals surface area contributed by atoms with Gasteiger partial charge in [-0.1, -0.05) is 6.07 Å². The van der Waals surface area contributed by atoms with E-state index in [1.54, 1.807) is 23.5 Å². The molecule has 25 heavy (non-hydrogen) atoms. The first kappa shape index (κ1) is 16.0. The number of nitrogens with one attached hydrogen (secondary N) is 1. The summed E-state index contributed by atoms with van der Waals surface area (Å²) in [5, 5.41) is 4.55. The van der Waals surface area contributed by atoms with Crippen LogP contribution in [0.15, 0.2) is 39.5 Å². The number of benzene rings is 1. The molecule has 0 unspecified atom stereocenters. The molecule has 0 bridgehead atoms. The Morgan fingerprint density at radius 2 is 2.20 bits per heavy atom. The van der Waals surface area contributed by atoms with Gasteiger partial charge in [0.05, 0.1) is 22.0 Å². The zero-order chi connectivity index (χ0) is 17.6. The highest BCUT2D eigenvalue weighted by atomic mass is 32.2. The fourth-order valence-electron chi connectivity index (χ4n) is 2.61. The SMILES string of the molecule is Cc1nc2scc(C)n2c1C=C1SC(=O)NC1=Nc1cccc(F)c1. The summed E-state index contributed by atoms with van der Waals surface area (Å²) >= 11 is 2.64. The summed E-state index contributed by atoms with van der Waals surface area (Å²) in [6.45, 7) is 3.95. The molecule has 126 valence electrons. The predicted molar refractivity (Wildman–Crippen MR) is 100 cm³/mol. The summed E-state index contributed by atoms with van der Waals surface area (Å²) in [6, 6.07) is 5.95. The van der Waals surface area contributed by atoms with Crippen LogP contribution in [0.4, 0.5) is 14.9 Å². The fraction of sp³-hybridized carbons (Fsp3) is 0.118. The number of hydrogen-bond donors (Lipinski definition) is 1. The maximum atomic E-state index is 13.4. The van der Waals surface area contributed by atoms with Crippen molar-refractivity contribution in [2.45, 2.75) is 13.8 Å². The lowest BCUT2D eigenvalue weighted by atomic mass is 10.3. The van der Waals surface area contributed by atoms with Crippen molar-refractivity contribution in [2.24, 2.45) is 4.99 Å². The van der Waals surface area contributed by atoms with E-state index >= 15 is 0 Å².